The topological polar surface area (TPSA) is 206 Å². The van der Waals surface area contributed by atoms with Crippen molar-refractivity contribution in [3.63, 3.8) is 0 Å². The predicted molar refractivity (Wildman–Crippen MR) is 97.2 cm³/mol. The summed E-state index contributed by atoms with van der Waals surface area (Å²) >= 11 is 0. The molecule has 0 saturated carbocycles. The van der Waals surface area contributed by atoms with Crippen LogP contribution < -0.4 is 33.4 Å². The van der Waals surface area contributed by atoms with Gasteiger partial charge in [-0.25, -0.2) is 0 Å². The molecule has 0 aliphatic carbocycles. The molecular weight excluding hydrogens is 376 g/mol. The van der Waals surface area contributed by atoms with Gasteiger partial charge in [-0.2, -0.15) is 0 Å². The molecule has 0 bridgehead atoms. The number of benzene rings is 1. The van der Waals surface area contributed by atoms with Crippen molar-refractivity contribution < 1.29 is 10.2 Å². The fourth-order valence-corrected chi connectivity index (χ4v) is 3.76. The maximum atomic E-state index is 12.5. The molecule has 12 nitrogen and oxygen atoms in total. The fraction of sp³-hybridized carbons (Fsp3) is 0. The van der Waals surface area contributed by atoms with Crippen LogP contribution in [0.4, 0.5) is 0 Å². The molecule has 0 unspecified atom stereocenters. The molecule has 12 heteroatoms. The van der Waals surface area contributed by atoms with Crippen LogP contribution in [0, 0.1) is 0 Å². The van der Waals surface area contributed by atoms with E-state index in [0.717, 1.165) is 0 Å². The second-order valence-electron chi connectivity index (χ2n) is 6.17. The predicted octanol–water partition coefficient (Wildman–Crippen LogP) is -1.94. The fourth-order valence-electron chi connectivity index (χ4n) is 3.76. The van der Waals surface area contributed by atoms with Gasteiger partial charge in [-0.1, -0.05) is 0 Å². The lowest BCUT2D eigenvalue weighted by molar-refractivity contribution is 0.458. The SMILES string of the molecule is O=c1[nH]c(=O)c2c3c(=O)[nH]c(O)c4c(=O)[nH]c(=O)c(c5c(=O)[nH]c(O)c1c52)c43. The molecule has 5 rings (SSSR count). The van der Waals surface area contributed by atoms with Crippen LogP contribution >= 0.6 is 0 Å². The van der Waals surface area contributed by atoms with E-state index >= 15 is 0 Å². The Morgan fingerprint density at radius 3 is 0.929 bits per heavy atom. The molecule has 0 atom stereocenters. The third-order valence-corrected chi connectivity index (χ3v) is 4.75. The van der Waals surface area contributed by atoms with Gasteiger partial charge >= 0.3 is 0 Å². The summed E-state index contributed by atoms with van der Waals surface area (Å²) in [5.41, 5.74) is -6.31. The summed E-state index contributed by atoms with van der Waals surface area (Å²) in [4.78, 5) is 82.4. The number of hydrogen-bond acceptors (Lipinski definition) is 8. The Morgan fingerprint density at radius 1 is 0.357 bits per heavy atom. The molecule has 4 aromatic heterocycles. The van der Waals surface area contributed by atoms with Gasteiger partial charge < -0.3 is 10.2 Å². The van der Waals surface area contributed by atoms with Crippen molar-refractivity contribution >= 4 is 43.1 Å². The Morgan fingerprint density at radius 2 is 0.607 bits per heavy atom. The summed E-state index contributed by atoms with van der Waals surface area (Å²) in [5.74, 6) is -1.73. The molecule has 0 saturated heterocycles. The molecule has 0 radical (unpaired) electrons. The van der Waals surface area contributed by atoms with Crippen molar-refractivity contribution in [1.82, 2.24) is 19.9 Å². The number of H-pyrrole nitrogens is 4. The van der Waals surface area contributed by atoms with Crippen LogP contribution in [-0.4, -0.2) is 30.1 Å². The van der Waals surface area contributed by atoms with Crippen molar-refractivity contribution in [2.75, 3.05) is 0 Å². The van der Waals surface area contributed by atoms with E-state index in [2.05, 4.69) is 0 Å². The van der Waals surface area contributed by atoms with Gasteiger partial charge in [-0.15, -0.1) is 0 Å². The first kappa shape index (κ1) is 15.7. The van der Waals surface area contributed by atoms with Gasteiger partial charge in [0.05, 0.1) is 21.5 Å². The highest BCUT2D eigenvalue weighted by atomic mass is 16.3. The quantitative estimate of drug-likeness (QED) is 0.131. The monoisotopic (exact) mass is 382 g/mol. The zero-order valence-corrected chi connectivity index (χ0v) is 13.3. The summed E-state index contributed by atoms with van der Waals surface area (Å²) in [6.07, 6.45) is 0. The normalized spacial score (nSPS) is 12.0. The van der Waals surface area contributed by atoms with E-state index in [1.165, 1.54) is 0 Å². The van der Waals surface area contributed by atoms with E-state index in [1.807, 2.05) is 19.9 Å². The summed E-state index contributed by atoms with van der Waals surface area (Å²) in [5, 5.41) is 16.3. The minimum atomic E-state index is -1.07. The Bertz CT molecular complexity index is 1700. The molecule has 0 fully saturated rings. The second kappa shape index (κ2) is 4.62. The number of aromatic hydroxyl groups is 2. The third kappa shape index (κ3) is 1.59. The lowest BCUT2D eigenvalue weighted by atomic mass is 9.94. The van der Waals surface area contributed by atoms with Crippen LogP contribution in [0.15, 0.2) is 28.8 Å². The van der Waals surface area contributed by atoms with Crippen molar-refractivity contribution in [2.45, 2.75) is 0 Å². The number of pyridine rings is 4. The van der Waals surface area contributed by atoms with Gasteiger partial charge in [0.2, 0.25) is 11.8 Å². The molecule has 5 aromatic rings. The molecule has 0 aliphatic rings. The highest BCUT2D eigenvalue weighted by Crippen LogP contribution is 2.35. The van der Waals surface area contributed by atoms with Crippen LogP contribution in [0.3, 0.4) is 0 Å². The number of aromatic nitrogens is 4. The first-order chi connectivity index (χ1) is 13.2. The first-order valence-corrected chi connectivity index (χ1v) is 7.67. The molecule has 138 valence electrons. The van der Waals surface area contributed by atoms with Gasteiger partial charge in [0.25, 0.3) is 33.4 Å². The van der Waals surface area contributed by atoms with E-state index in [1.54, 1.807) is 0 Å². The Balaban J connectivity index is 2.51. The van der Waals surface area contributed by atoms with Gasteiger partial charge in [-0.3, -0.25) is 48.7 Å². The molecular formula is C16H6N4O8. The molecule has 28 heavy (non-hydrogen) atoms. The van der Waals surface area contributed by atoms with E-state index in [0.29, 0.717) is 0 Å². The van der Waals surface area contributed by atoms with E-state index in [-0.39, 0.29) is 0 Å². The Hall–Kier alpha value is -4.48. The highest BCUT2D eigenvalue weighted by molar-refractivity contribution is 6.32. The van der Waals surface area contributed by atoms with Crippen LogP contribution in [0.2, 0.25) is 0 Å². The maximum absolute atomic E-state index is 12.5. The highest BCUT2D eigenvalue weighted by Gasteiger charge is 2.27. The third-order valence-electron chi connectivity index (χ3n) is 4.75. The van der Waals surface area contributed by atoms with Crippen LogP contribution in [0.25, 0.3) is 43.1 Å². The van der Waals surface area contributed by atoms with E-state index in [9.17, 15) is 39.0 Å². The molecule has 0 aliphatic heterocycles. The maximum Gasteiger partial charge on any atom is 0.264 e. The van der Waals surface area contributed by atoms with Crippen molar-refractivity contribution in [3.05, 3.63) is 62.1 Å². The van der Waals surface area contributed by atoms with Gasteiger partial charge in [0, 0.05) is 10.8 Å². The standard InChI is InChI=1S/C16H6N4O8/c21-9-3-1-4(10(22)18-14(26)7(1)13(25)17-9)6-2-5(3)11(23)19-15(27)8(2)16(28)20-12(6)24/h(H,17,21,25)(H2,18,22,26)(H2,19,23,27)(H,20,24,28). The van der Waals surface area contributed by atoms with Crippen molar-refractivity contribution in [3.8, 4) is 11.8 Å². The lowest BCUT2D eigenvalue weighted by Gasteiger charge is -2.12. The van der Waals surface area contributed by atoms with Crippen LogP contribution in [-0.2, 0) is 0 Å². The second-order valence-corrected chi connectivity index (χ2v) is 6.17. The van der Waals surface area contributed by atoms with Crippen LogP contribution in [0.5, 0.6) is 11.8 Å². The zero-order chi connectivity index (χ0) is 20.1. The summed E-state index contributed by atoms with van der Waals surface area (Å²) < 4.78 is 0. The molecule has 1 aromatic carbocycles. The minimum Gasteiger partial charge on any atom is -0.494 e. The number of hydrogen-bond donors (Lipinski definition) is 6. The summed E-state index contributed by atoms with van der Waals surface area (Å²) in [6.45, 7) is 0. The van der Waals surface area contributed by atoms with E-state index < -0.39 is 88.2 Å². The van der Waals surface area contributed by atoms with E-state index in [4.69, 9.17) is 0 Å². The van der Waals surface area contributed by atoms with Crippen LogP contribution in [0.1, 0.15) is 0 Å². The average molecular weight is 382 g/mol. The summed E-state index contributed by atoms with van der Waals surface area (Å²) in [6, 6.07) is 0. The zero-order valence-electron chi connectivity index (χ0n) is 13.3. The van der Waals surface area contributed by atoms with Gasteiger partial charge in [0.15, 0.2) is 0 Å². The Kier molecular flexibility index (Phi) is 2.60. The largest absolute Gasteiger partial charge is 0.494 e. The first-order valence-electron chi connectivity index (χ1n) is 7.67. The Labute approximate surface area is 148 Å². The molecule has 4 heterocycles. The molecule has 6 N–H and O–H groups in total. The van der Waals surface area contributed by atoms with Crippen molar-refractivity contribution in [2.24, 2.45) is 0 Å². The smallest absolute Gasteiger partial charge is 0.264 e. The number of rotatable bonds is 0. The summed E-state index contributed by atoms with van der Waals surface area (Å²) in [7, 11) is 0. The van der Waals surface area contributed by atoms with Crippen molar-refractivity contribution in [1.29, 1.82) is 0 Å². The van der Waals surface area contributed by atoms with Gasteiger partial charge in [-0.05, 0) is 0 Å². The lowest BCUT2D eigenvalue weighted by Crippen LogP contribution is -2.28. The minimum absolute atomic E-state index is 0.399. The molecule has 0 spiro atoms. The molecule has 0 amide bonds. The average Bonchev–Trinajstić information content (AvgIpc) is 2.58. The number of nitrogens with one attached hydrogen (secondary N) is 4. The number of aromatic amines is 4. The number of fused-ring (bicyclic) bond motifs is 2. The van der Waals surface area contributed by atoms with Gasteiger partial charge in [0.1, 0.15) is 10.8 Å².